The fourth-order valence-electron chi connectivity index (χ4n) is 2.16. The molecular formula is C15H25N3O2. The van der Waals surface area contributed by atoms with Crippen LogP contribution in [0, 0.1) is 10.1 Å². The van der Waals surface area contributed by atoms with Crippen LogP contribution in [-0.2, 0) is 0 Å². The SMILES string of the molecule is CCCNc1cc(N(CCC)C(C)C)cc([N+](=O)[O-])c1. The molecular weight excluding hydrogens is 254 g/mol. The average molecular weight is 279 g/mol. The highest BCUT2D eigenvalue weighted by Gasteiger charge is 2.15. The summed E-state index contributed by atoms with van der Waals surface area (Å²) in [6.45, 7) is 10.1. The van der Waals surface area contributed by atoms with Crippen LogP contribution in [0.1, 0.15) is 40.5 Å². The van der Waals surface area contributed by atoms with E-state index >= 15 is 0 Å². The third kappa shape index (κ3) is 4.40. The molecule has 5 heteroatoms. The van der Waals surface area contributed by atoms with Crippen molar-refractivity contribution in [2.45, 2.75) is 46.6 Å². The molecule has 0 heterocycles. The van der Waals surface area contributed by atoms with E-state index in [1.165, 1.54) is 0 Å². The smallest absolute Gasteiger partial charge is 0.273 e. The highest BCUT2D eigenvalue weighted by atomic mass is 16.6. The van der Waals surface area contributed by atoms with Crippen molar-refractivity contribution < 1.29 is 4.92 Å². The first-order valence-electron chi connectivity index (χ1n) is 7.29. The first-order chi connectivity index (χ1) is 9.49. The van der Waals surface area contributed by atoms with Crippen LogP contribution in [0.3, 0.4) is 0 Å². The van der Waals surface area contributed by atoms with Crippen LogP contribution in [0.5, 0.6) is 0 Å². The Balaban J connectivity index is 3.15. The van der Waals surface area contributed by atoms with E-state index in [0.29, 0.717) is 6.04 Å². The van der Waals surface area contributed by atoms with Crippen LogP contribution < -0.4 is 10.2 Å². The molecule has 0 saturated carbocycles. The zero-order valence-electron chi connectivity index (χ0n) is 12.8. The van der Waals surface area contributed by atoms with E-state index in [-0.39, 0.29) is 10.6 Å². The van der Waals surface area contributed by atoms with Crippen LogP contribution in [0.15, 0.2) is 18.2 Å². The molecule has 5 nitrogen and oxygen atoms in total. The van der Waals surface area contributed by atoms with Gasteiger partial charge >= 0.3 is 0 Å². The Bertz CT molecular complexity index is 447. The van der Waals surface area contributed by atoms with Gasteiger partial charge in [-0.2, -0.15) is 0 Å². The third-order valence-corrected chi connectivity index (χ3v) is 3.11. The van der Waals surface area contributed by atoms with Gasteiger partial charge in [0.25, 0.3) is 5.69 Å². The van der Waals surface area contributed by atoms with Gasteiger partial charge in [-0.25, -0.2) is 0 Å². The molecule has 0 saturated heterocycles. The molecule has 0 unspecified atom stereocenters. The fourth-order valence-corrected chi connectivity index (χ4v) is 2.16. The summed E-state index contributed by atoms with van der Waals surface area (Å²) < 4.78 is 0. The Morgan fingerprint density at radius 2 is 1.95 bits per heavy atom. The van der Waals surface area contributed by atoms with Gasteiger partial charge in [0.15, 0.2) is 0 Å². The lowest BCUT2D eigenvalue weighted by atomic mass is 10.2. The Morgan fingerprint density at radius 1 is 1.25 bits per heavy atom. The first-order valence-corrected chi connectivity index (χ1v) is 7.29. The van der Waals surface area contributed by atoms with Crippen LogP contribution in [0.2, 0.25) is 0 Å². The highest BCUT2D eigenvalue weighted by molar-refractivity contribution is 5.64. The number of benzene rings is 1. The van der Waals surface area contributed by atoms with Gasteiger partial charge in [0, 0.05) is 42.6 Å². The standard InChI is InChI=1S/C15H25N3O2/c1-5-7-16-13-9-14(11-15(10-13)18(19)20)17(8-6-2)12(3)4/h9-12,16H,5-8H2,1-4H3. The summed E-state index contributed by atoms with van der Waals surface area (Å²) in [5, 5.41) is 14.3. The van der Waals surface area contributed by atoms with Crippen molar-refractivity contribution in [1.29, 1.82) is 0 Å². The van der Waals surface area contributed by atoms with Gasteiger partial charge in [-0.15, -0.1) is 0 Å². The zero-order valence-corrected chi connectivity index (χ0v) is 12.8. The van der Waals surface area contributed by atoms with Gasteiger partial charge < -0.3 is 10.2 Å². The van der Waals surface area contributed by atoms with E-state index in [2.05, 4.69) is 37.9 Å². The summed E-state index contributed by atoms with van der Waals surface area (Å²) in [6, 6.07) is 5.57. The van der Waals surface area contributed by atoms with E-state index in [1.807, 2.05) is 6.07 Å². The predicted molar refractivity (Wildman–Crippen MR) is 84.7 cm³/mol. The summed E-state index contributed by atoms with van der Waals surface area (Å²) >= 11 is 0. The lowest BCUT2D eigenvalue weighted by Gasteiger charge is -2.29. The molecule has 0 aliphatic rings. The number of anilines is 2. The maximum Gasteiger partial charge on any atom is 0.273 e. The molecule has 1 aromatic rings. The normalized spacial score (nSPS) is 10.7. The number of hydrogen-bond donors (Lipinski definition) is 1. The van der Waals surface area contributed by atoms with Crippen LogP contribution >= 0.6 is 0 Å². The number of nitro groups is 1. The molecule has 0 radical (unpaired) electrons. The largest absolute Gasteiger partial charge is 0.385 e. The van der Waals surface area contributed by atoms with E-state index in [1.54, 1.807) is 12.1 Å². The number of rotatable bonds is 8. The fraction of sp³-hybridized carbons (Fsp3) is 0.600. The van der Waals surface area contributed by atoms with E-state index in [4.69, 9.17) is 0 Å². The minimum atomic E-state index is -0.328. The number of nitrogens with one attached hydrogen (secondary N) is 1. The molecule has 20 heavy (non-hydrogen) atoms. The second-order valence-corrected chi connectivity index (χ2v) is 5.21. The molecule has 0 fully saturated rings. The summed E-state index contributed by atoms with van der Waals surface area (Å²) in [6.07, 6.45) is 2.00. The number of nitro benzene ring substituents is 1. The van der Waals surface area contributed by atoms with Crippen molar-refractivity contribution in [2.24, 2.45) is 0 Å². The van der Waals surface area contributed by atoms with Crippen molar-refractivity contribution in [1.82, 2.24) is 0 Å². The van der Waals surface area contributed by atoms with Gasteiger partial charge in [0.1, 0.15) is 0 Å². The maximum atomic E-state index is 11.1. The van der Waals surface area contributed by atoms with Gasteiger partial charge in [0.05, 0.1) is 4.92 Å². The Labute approximate surface area is 121 Å². The minimum Gasteiger partial charge on any atom is -0.385 e. The Hall–Kier alpha value is -1.78. The van der Waals surface area contributed by atoms with E-state index in [0.717, 1.165) is 37.3 Å². The quantitative estimate of drug-likeness (QED) is 0.576. The summed E-state index contributed by atoms with van der Waals surface area (Å²) in [5.74, 6) is 0. The van der Waals surface area contributed by atoms with Crippen molar-refractivity contribution in [3.63, 3.8) is 0 Å². The lowest BCUT2D eigenvalue weighted by molar-refractivity contribution is -0.384. The molecule has 0 aromatic heterocycles. The third-order valence-electron chi connectivity index (χ3n) is 3.11. The van der Waals surface area contributed by atoms with Gasteiger partial charge in [-0.3, -0.25) is 10.1 Å². The number of hydrogen-bond acceptors (Lipinski definition) is 4. The highest BCUT2D eigenvalue weighted by Crippen LogP contribution is 2.28. The van der Waals surface area contributed by atoms with Crippen LogP contribution in [0.25, 0.3) is 0 Å². The molecule has 1 N–H and O–H groups in total. The molecule has 112 valence electrons. The molecule has 0 amide bonds. The summed E-state index contributed by atoms with van der Waals surface area (Å²) in [5.41, 5.74) is 1.87. The molecule has 1 rings (SSSR count). The van der Waals surface area contributed by atoms with Gasteiger partial charge in [-0.05, 0) is 32.8 Å². The summed E-state index contributed by atoms with van der Waals surface area (Å²) in [7, 11) is 0. The maximum absolute atomic E-state index is 11.1. The first kappa shape index (κ1) is 16.3. The monoisotopic (exact) mass is 279 g/mol. The minimum absolute atomic E-state index is 0.142. The van der Waals surface area contributed by atoms with Gasteiger partial charge in [-0.1, -0.05) is 13.8 Å². The molecule has 0 bridgehead atoms. The average Bonchev–Trinajstić information content (AvgIpc) is 2.41. The topological polar surface area (TPSA) is 58.4 Å². The number of non-ortho nitro benzene ring substituents is 1. The lowest BCUT2D eigenvalue weighted by Crippen LogP contribution is -2.31. The van der Waals surface area contributed by atoms with E-state index in [9.17, 15) is 10.1 Å². The van der Waals surface area contributed by atoms with Crippen LogP contribution in [0.4, 0.5) is 17.1 Å². The number of nitrogens with zero attached hydrogens (tertiary/aromatic N) is 2. The molecule has 0 spiro atoms. The van der Waals surface area contributed by atoms with Crippen molar-refractivity contribution in [3.8, 4) is 0 Å². The summed E-state index contributed by atoms with van der Waals surface area (Å²) in [4.78, 5) is 13.0. The Kier molecular flexibility index (Phi) is 6.28. The molecule has 1 aromatic carbocycles. The second kappa shape index (κ2) is 7.72. The molecule has 0 aliphatic carbocycles. The molecule has 0 atom stereocenters. The van der Waals surface area contributed by atoms with Crippen molar-refractivity contribution >= 4 is 17.1 Å². The van der Waals surface area contributed by atoms with Gasteiger partial charge in [0.2, 0.25) is 0 Å². The van der Waals surface area contributed by atoms with Crippen molar-refractivity contribution in [2.75, 3.05) is 23.3 Å². The second-order valence-electron chi connectivity index (χ2n) is 5.21. The Morgan fingerprint density at radius 3 is 2.45 bits per heavy atom. The predicted octanol–water partition coefficient (Wildman–Crippen LogP) is 4.04. The zero-order chi connectivity index (χ0) is 15.1. The molecule has 0 aliphatic heterocycles. The van der Waals surface area contributed by atoms with Crippen molar-refractivity contribution in [3.05, 3.63) is 28.3 Å². The van der Waals surface area contributed by atoms with Crippen LogP contribution in [-0.4, -0.2) is 24.1 Å². The van der Waals surface area contributed by atoms with E-state index < -0.39 is 0 Å².